The summed E-state index contributed by atoms with van der Waals surface area (Å²) in [5.74, 6) is 0. The average Bonchev–Trinajstić information content (AvgIpc) is 2.52. The Morgan fingerprint density at radius 3 is 1.93 bits per heavy atom. The Bertz CT molecular complexity index is 640. The molecule has 0 bridgehead atoms. The second kappa shape index (κ2) is 9.70. The van der Waals surface area contributed by atoms with E-state index in [1.54, 1.807) is 0 Å². The summed E-state index contributed by atoms with van der Waals surface area (Å²) in [6.45, 7) is 9.47. The highest BCUT2D eigenvalue weighted by Crippen LogP contribution is 2.38. The summed E-state index contributed by atoms with van der Waals surface area (Å²) in [5.41, 5.74) is -0.0648. The van der Waals surface area contributed by atoms with Gasteiger partial charge >= 0.3 is 12.4 Å². The summed E-state index contributed by atoms with van der Waals surface area (Å²) in [5, 5.41) is 2.17. The lowest BCUT2D eigenvalue weighted by Gasteiger charge is -2.38. The molecule has 1 unspecified atom stereocenters. The first-order chi connectivity index (χ1) is 12.9. The van der Waals surface area contributed by atoms with Crippen molar-refractivity contribution >= 4 is 24.2 Å². The Hall–Kier alpha value is -0.583. The first kappa shape index (κ1) is 26.5. The Labute approximate surface area is 177 Å². The number of hydrogen-bond donors (Lipinski definition) is 1. The molecular weight excluding hydrogens is 480 g/mol. The molecule has 0 fully saturated rings. The van der Waals surface area contributed by atoms with Crippen LogP contribution in [0.3, 0.4) is 0 Å². The van der Waals surface area contributed by atoms with E-state index in [1.807, 2.05) is 33.9 Å². The fourth-order valence-electron chi connectivity index (χ4n) is 2.35. The van der Waals surface area contributed by atoms with E-state index in [9.17, 15) is 26.3 Å². The van der Waals surface area contributed by atoms with Crippen molar-refractivity contribution in [2.75, 3.05) is 6.61 Å². The highest BCUT2D eigenvalue weighted by Gasteiger charge is 2.43. The smallest absolute Gasteiger partial charge is 0.407 e. The summed E-state index contributed by atoms with van der Waals surface area (Å²) >= 11 is 3.17. The highest BCUT2D eigenvalue weighted by atomic mass is 79.9. The molecule has 1 aromatic carbocycles. The molecule has 1 N–H and O–H groups in total. The van der Waals surface area contributed by atoms with Gasteiger partial charge in [0.25, 0.3) is 0 Å². The van der Waals surface area contributed by atoms with Crippen molar-refractivity contribution in [3.05, 3.63) is 34.3 Å². The Balaban J connectivity index is 3.06. The van der Waals surface area contributed by atoms with Crippen molar-refractivity contribution in [1.82, 2.24) is 5.32 Å². The van der Waals surface area contributed by atoms with E-state index in [-0.39, 0.29) is 17.2 Å². The van der Waals surface area contributed by atoms with Crippen molar-refractivity contribution in [3.8, 4) is 0 Å². The molecule has 10 heteroatoms. The summed E-state index contributed by atoms with van der Waals surface area (Å²) in [6, 6.07) is 2.34. The fraction of sp³-hybridized carbons (Fsp3) is 0.684. The molecule has 0 amide bonds. The van der Waals surface area contributed by atoms with Crippen molar-refractivity contribution in [2.45, 2.75) is 76.2 Å². The third-order valence-electron chi connectivity index (χ3n) is 5.16. The van der Waals surface area contributed by atoms with E-state index in [4.69, 9.17) is 4.43 Å². The zero-order valence-electron chi connectivity index (χ0n) is 17.1. The third-order valence-corrected chi connectivity index (χ3v) is 10.2. The minimum atomic E-state index is -4.67. The van der Waals surface area contributed by atoms with Crippen LogP contribution in [0.2, 0.25) is 18.1 Å². The van der Waals surface area contributed by atoms with E-state index in [2.05, 4.69) is 21.2 Å². The number of nitrogens with one attached hydrogen (secondary N) is 1. The highest BCUT2D eigenvalue weighted by molar-refractivity contribution is 9.10. The Morgan fingerprint density at radius 2 is 1.52 bits per heavy atom. The van der Waals surface area contributed by atoms with Crippen LogP contribution < -0.4 is 5.32 Å². The molecule has 0 aliphatic rings. The summed E-state index contributed by atoms with van der Waals surface area (Å²) < 4.78 is 85.8. The molecule has 0 saturated heterocycles. The Morgan fingerprint density at radius 1 is 1.00 bits per heavy atom. The monoisotopic (exact) mass is 507 g/mol. The van der Waals surface area contributed by atoms with Gasteiger partial charge < -0.3 is 4.43 Å². The number of rotatable bonds is 8. The molecule has 2 nitrogen and oxygen atoms in total. The zero-order chi connectivity index (χ0) is 22.7. The van der Waals surface area contributed by atoms with Crippen LogP contribution >= 0.6 is 15.9 Å². The number of alkyl halides is 6. The van der Waals surface area contributed by atoms with Crippen LogP contribution in [0, 0.1) is 0 Å². The first-order valence-corrected chi connectivity index (χ1v) is 12.9. The van der Waals surface area contributed by atoms with Gasteiger partial charge in [-0.2, -0.15) is 26.3 Å². The minimum Gasteiger partial charge on any atom is -0.415 e. The molecule has 0 aliphatic carbocycles. The van der Waals surface area contributed by atoms with E-state index < -0.39 is 45.6 Å². The van der Waals surface area contributed by atoms with Gasteiger partial charge in [-0.05, 0) is 42.2 Å². The topological polar surface area (TPSA) is 21.3 Å². The maximum Gasteiger partial charge on any atom is 0.407 e. The van der Waals surface area contributed by atoms with E-state index >= 15 is 0 Å². The van der Waals surface area contributed by atoms with Crippen molar-refractivity contribution in [2.24, 2.45) is 0 Å². The summed E-state index contributed by atoms with van der Waals surface area (Å²) in [4.78, 5) is 0. The van der Waals surface area contributed by atoms with E-state index in [0.717, 1.165) is 0 Å². The van der Waals surface area contributed by atoms with Crippen LogP contribution in [0.15, 0.2) is 28.7 Å². The van der Waals surface area contributed by atoms with E-state index in [0.29, 0.717) is 4.47 Å². The molecule has 1 aromatic rings. The quantitative estimate of drug-likeness (QED) is 0.292. The summed E-state index contributed by atoms with van der Waals surface area (Å²) in [6.07, 6.45) is -10.8. The molecule has 2 atom stereocenters. The molecule has 0 saturated carbocycles. The number of benzene rings is 1. The second-order valence-corrected chi connectivity index (χ2v) is 14.3. The van der Waals surface area contributed by atoms with Gasteiger partial charge in [0.05, 0.1) is 0 Å². The van der Waals surface area contributed by atoms with Crippen molar-refractivity contribution in [3.63, 3.8) is 0 Å². The van der Waals surface area contributed by atoms with Crippen LogP contribution in [-0.4, -0.2) is 33.3 Å². The van der Waals surface area contributed by atoms with Gasteiger partial charge in [0.2, 0.25) is 0 Å². The standard InChI is InChI=1S/C19H28BrF6NOSi/c1-17(2,3)29(4,5)28-12-15(10-11-18(21,22)23)27-16(19(24,25)26)13-6-8-14(20)9-7-13/h6-9,15-16,27H,10-12H2,1-5H3/t15?,16-/m0/s1. The molecule has 168 valence electrons. The predicted octanol–water partition coefficient (Wildman–Crippen LogP) is 7.38. The van der Waals surface area contributed by atoms with Crippen LogP contribution in [0.1, 0.15) is 45.2 Å². The van der Waals surface area contributed by atoms with Crippen LogP contribution in [0.25, 0.3) is 0 Å². The largest absolute Gasteiger partial charge is 0.415 e. The second-order valence-electron chi connectivity index (χ2n) is 8.61. The van der Waals surface area contributed by atoms with Crippen molar-refractivity contribution in [1.29, 1.82) is 0 Å². The molecule has 0 spiro atoms. The number of halogens is 7. The van der Waals surface area contributed by atoms with Gasteiger partial charge in [-0.3, -0.25) is 5.32 Å². The SMILES string of the molecule is CC(C)(C)[Si](C)(C)OCC(CCC(F)(F)F)N[C@@H](c1ccc(Br)cc1)C(F)(F)F. The normalized spacial score (nSPS) is 16.0. The predicted molar refractivity (Wildman–Crippen MR) is 108 cm³/mol. The van der Waals surface area contributed by atoms with Gasteiger partial charge in [0, 0.05) is 23.5 Å². The molecule has 1 rings (SSSR count). The molecule has 0 aliphatic heterocycles. The lowest BCUT2D eigenvalue weighted by atomic mass is 10.0. The van der Waals surface area contributed by atoms with Gasteiger partial charge in [-0.15, -0.1) is 0 Å². The maximum atomic E-state index is 13.7. The van der Waals surface area contributed by atoms with Gasteiger partial charge in [0.15, 0.2) is 8.32 Å². The van der Waals surface area contributed by atoms with E-state index in [1.165, 1.54) is 24.3 Å². The van der Waals surface area contributed by atoms with Crippen LogP contribution in [0.5, 0.6) is 0 Å². The van der Waals surface area contributed by atoms with Crippen molar-refractivity contribution < 1.29 is 30.8 Å². The molecule has 0 aromatic heterocycles. The Kier molecular flexibility index (Phi) is 8.85. The summed E-state index contributed by atoms with van der Waals surface area (Å²) in [7, 11) is -2.33. The zero-order valence-corrected chi connectivity index (χ0v) is 19.7. The molecule has 29 heavy (non-hydrogen) atoms. The molecular formula is C19H28BrF6NOSi. The van der Waals surface area contributed by atoms with Gasteiger partial charge in [0.1, 0.15) is 6.04 Å². The molecule has 0 heterocycles. The first-order valence-electron chi connectivity index (χ1n) is 9.21. The number of hydrogen-bond acceptors (Lipinski definition) is 2. The van der Waals surface area contributed by atoms with Crippen LogP contribution in [-0.2, 0) is 4.43 Å². The minimum absolute atomic E-state index is 0.0648. The van der Waals surface area contributed by atoms with Gasteiger partial charge in [-0.1, -0.05) is 48.8 Å². The third kappa shape index (κ3) is 8.98. The molecule has 0 radical (unpaired) electrons. The average molecular weight is 508 g/mol. The maximum absolute atomic E-state index is 13.7. The van der Waals surface area contributed by atoms with Gasteiger partial charge in [-0.25, -0.2) is 0 Å². The lowest BCUT2D eigenvalue weighted by Crippen LogP contribution is -2.48. The fourth-order valence-corrected chi connectivity index (χ4v) is 3.66. The lowest BCUT2D eigenvalue weighted by molar-refractivity contribution is -0.162. The van der Waals surface area contributed by atoms with Crippen LogP contribution in [0.4, 0.5) is 26.3 Å².